The van der Waals surface area contributed by atoms with Crippen molar-refractivity contribution in [1.29, 1.82) is 5.26 Å². The molecule has 2 aliphatic heterocycles. The van der Waals surface area contributed by atoms with Crippen molar-refractivity contribution >= 4 is 16.6 Å². The van der Waals surface area contributed by atoms with Crippen LogP contribution in [-0.2, 0) is 13.0 Å². The number of nitro groups is 1. The number of rotatable bonds is 6. The molecular formula is C29H35N5O3. The van der Waals surface area contributed by atoms with Crippen LogP contribution in [-0.4, -0.2) is 35.1 Å². The molecule has 37 heavy (non-hydrogen) atoms. The zero-order chi connectivity index (χ0) is 26.5. The predicted molar refractivity (Wildman–Crippen MR) is 145 cm³/mol. The second-order valence-electron chi connectivity index (χ2n) is 10.0. The fourth-order valence-corrected chi connectivity index (χ4v) is 5.60. The molecule has 2 atom stereocenters. The number of pyridine rings is 1. The van der Waals surface area contributed by atoms with Gasteiger partial charge in [-0.15, -0.1) is 0 Å². The summed E-state index contributed by atoms with van der Waals surface area (Å²) in [6.45, 7) is 6.52. The lowest BCUT2D eigenvalue weighted by Gasteiger charge is -2.30. The Bertz CT molecular complexity index is 1320. The Hall–Kier alpha value is -3.54. The molecule has 3 aromatic rings. The Kier molecular flexibility index (Phi) is 8.37. The molecule has 0 amide bonds. The van der Waals surface area contributed by atoms with E-state index in [2.05, 4.69) is 27.8 Å². The van der Waals surface area contributed by atoms with Crippen LogP contribution in [0.1, 0.15) is 60.4 Å². The van der Waals surface area contributed by atoms with Crippen LogP contribution in [0.25, 0.3) is 10.9 Å². The number of hydrogen-bond donors (Lipinski definition) is 2. The van der Waals surface area contributed by atoms with Gasteiger partial charge in [0.25, 0.3) is 5.69 Å². The van der Waals surface area contributed by atoms with Crippen molar-refractivity contribution in [1.82, 2.24) is 15.6 Å². The average Bonchev–Trinajstić information content (AvgIpc) is 3.25. The fraction of sp³-hybridized carbons (Fsp3) is 0.448. The second-order valence-corrected chi connectivity index (χ2v) is 10.0. The summed E-state index contributed by atoms with van der Waals surface area (Å²) in [5.74, 6) is 0.791. The average molecular weight is 502 g/mol. The zero-order valence-electron chi connectivity index (χ0n) is 22.0. The van der Waals surface area contributed by atoms with Gasteiger partial charge in [-0.25, -0.2) is 0 Å². The lowest BCUT2D eigenvalue weighted by Crippen LogP contribution is -2.46. The Labute approximate surface area is 218 Å². The van der Waals surface area contributed by atoms with Crippen LogP contribution in [0.3, 0.4) is 0 Å². The number of piperidine rings is 1. The first-order chi connectivity index (χ1) is 17.8. The van der Waals surface area contributed by atoms with Gasteiger partial charge < -0.3 is 15.4 Å². The van der Waals surface area contributed by atoms with E-state index in [-0.39, 0.29) is 10.6 Å². The molecule has 0 spiro atoms. The molecule has 3 heterocycles. The highest BCUT2D eigenvalue weighted by Gasteiger charge is 2.33. The Morgan fingerprint density at radius 1 is 1.22 bits per heavy atom. The van der Waals surface area contributed by atoms with Gasteiger partial charge >= 0.3 is 0 Å². The summed E-state index contributed by atoms with van der Waals surface area (Å²) >= 11 is 0. The van der Waals surface area contributed by atoms with Crippen LogP contribution < -0.4 is 15.4 Å². The highest BCUT2D eigenvalue weighted by molar-refractivity contribution is 5.85. The molecule has 8 nitrogen and oxygen atoms in total. The van der Waals surface area contributed by atoms with Crippen molar-refractivity contribution in [3.05, 3.63) is 74.5 Å². The van der Waals surface area contributed by atoms with E-state index < -0.39 is 0 Å². The van der Waals surface area contributed by atoms with Crippen LogP contribution in [0.2, 0.25) is 0 Å². The minimum atomic E-state index is -0.281. The quantitative estimate of drug-likeness (QED) is 0.350. The first-order valence-electron chi connectivity index (χ1n) is 12.9. The topological polar surface area (TPSA) is 113 Å². The summed E-state index contributed by atoms with van der Waals surface area (Å²) in [6, 6.07) is 13.5. The van der Waals surface area contributed by atoms with Crippen molar-refractivity contribution in [3.8, 4) is 11.8 Å². The molecule has 8 heteroatoms. The lowest BCUT2D eigenvalue weighted by atomic mass is 9.98. The number of nitrogens with one attached hydrogen (secondary N) is 2. The van der Waals surface area contributed by atoms with Gasteiger partial charge in [-0.05, 0) is 80.8 Å². The van der Waals surface area contributed by atoms with Gasteiger partial charge in [0.1, 0.15) is 11.8 Å². The monoisotopic (exact) mass is 501 g/mol. The van der Waals surface area contributed by atoms with Crippen LogP contribution >= 0.6 is 0 Å². The van der Waals surface area contributed by atoms with Gasteiger partial charge in [0.2, 0.25) is 0 Å². The number of nitriles is 1. The first kappa shape index (κ1) is 26.5. The van der Waals surface area contributed by atoms with E-state index in [0.29, 0.717) is 23.7 Å². The molecule has 2 fully saturated rings. The van der Waals surface area contributed by atoms with E-state index in [9.17, 15) is 10.1 Å². The normalized spacial score (nSPS) is 20.1. The van der Waals surface area contributed by atoms with Gasteiger partial charge in [0, 0.05) is 47.9 Å². The molecule has 5 rings (SSSR count). The third-order valence-electron chi connectivity index (χ3n) is 7.54. The Balaban J connectivity index is 0.000000180. The van der Waals surface area contributed by atoms with Crippen LogP contribution in [0.15, 0.2) is 36.5 Å². The fourth-order valence-electron chi connectivity index (χ4n) is 5.60. The van der Waals surface area contributed by atoms with Gasteiger partial charge in [-0.2, -0.15) is 5.26 Å². The highest BCUT2D eigenvalue weighted by atomic mass is 16.6. The molecule has 2 aliphatic rings. The smallest absolute Gasteiger partial charge is 0.272 e. The first-order valence-corrected chi connectivity index (χ1v) is 12.9. The molecule has 2 bridgehead atoms. The third-order valence-corrected chi connectivity index (χ3v) is 7.54. The molecule has 0 aliphatic carbocycles. The molecule has 0 radical (unpaired) electrons. The molecular weight excluding hydrogens is 466 g/mol. The Morgan fingerprint density at radius 2 is 1.95 bits per heavy atom. The van der Waals surface area contributed by atoms with Crippen molar-refractivity contribution in [2.45, 2.75) is 77.5 Å². The summed E-state index contributed by atoms with van der Waals surface area (Å²) < 4.78 is 5.18. The van der Waals surface area contributed by atoms with E-state index >= 15 is 0 Å². The molecule has 2 unspecified atom stereocenters. The number of nitrogens with zero attached hydrogens (tertiary/aromatic N) is 3. The van der Waals surface area contributed by atoms with Crippen molar-refractivity contribution in [2.75, 3.05) is 7.11 Å². The maximum absolute atomic E-state index is 11.1. The maximum Gasteiger partial charge on any atom is 0.272 e. The SMILES string of the molecule is CCc1c(C#N)cnc2ccc(OC)cc12.Cc1cc(CNC2CC3CCC(C2)N3)c(C)c([N+](=O)[O-])c1. The number of methoxy groups -OCH3 is 1. The summed E-state index contributed by atoms with van der Waals surface area (Å²) in [4.78, 5) is 15.1. The minimum Gasteiger partial charge on any atom is -0.497 e. The van der Waals surface area contributed by atoms with Gasteiger partial charge in [0.05, 0.1) is 23.1 Å². The largest absolute Gasteiger partial charge is 0.497 e. The second kappa shape index (κ2) is 11.7. The van der Waals surface area contributed by atoms with E-state index in [1.807, 2.05) is 39.0 Å². The standard InChI is InChI=1S/C16H23N3O2.C13H12N2O/c1-10-5-12(11(2)16(6-10)19(20)21)9-17-15-7-13-3-4-14(8-15)18-13;1-3-11-9(7-14)8-15-13-5-4-10(16-2)6-12(11)13/h5-6,13-15,17-18H,3-4,7-9H2,1-2H3;4-6,8H,3H2,1-2H3. The predicted octanol–water partition coefficient (Wildman–Crippen LogP) is 5.26. The Morgan fingerprint density at radius 3 is 2.57 bits per heavy atom. The number of aromatic nitrogens is 1. The highest BCUT2D eigenvalue weighted by Crippen LogP contribution is 2.28. The molecule has 2 N–H and O–H groups in total. The van der Waals surface area contributed by atoms with Crippen molar-refractivity contribution < 1.29 is 9.66 Å². The van der Waals surface area contributed by atoms with Gasteiger partial charge in [-0.3, -0.25) is 15.1 Å². The molecule has 194 valence electrons. The van der Waals surface area contributed by atoms with Crippen LogP contribution in [0, 0.1) is 35.3 Å². The van der Waals surface area contributed by atoms with E-state index in [1.54, 1.807) is 19.4 Å². The summed E-state index contributed by atoms with van der Waals surface area (Å²) in [5, 5.41) is 28.4. The number of aryl methyl sites for hydroxylation is 2. The van der Waals surface area contributed by atoms with Crippen LogP contribution in [0.5, 0.6) is 5.75 Å². The molecule has 2 aromatic carbocycles. The van der Waals surface area contributed by atoms with Crippen molar-refractivity contribution in [2.24, 2.45) is 0 Å². The zero-order valence-corrected chi connectivity index (χ0v) is 22.0. The summed E-state index contributed by atoms with van der Waals surface area (Å²) in [6.07, 6.45) is 7.37. The number of benzene rings is 2. The third kappa shape index (κ3) is 6.07. The van der Waals surface area contributed by atoms with E-state index in [0.717, 1.165) is 51.9 Å². The molecule has 0 saturated carbocycles. The summed E-state index contributed by atoms with van der Waals surface area (Å²) in [7, 11) is 1.63. The minimum absolute atomic E-state index is 0.234. The number of nitro benzene ring substituents is 1. The molecule has 2 saturated heterocycles. The van der Waals surface area contributed by atoms with Crippen LogP contribution in [0.4, 0.5) is 5.69 Å². The van der Waals surface area contributed by atoms with Crippen molar-refractivity contribution in [3.63, 3.8) is 0 Å². The number of hydrogen-bond acceptors (Lipinski definition) is 7. The number of ether oxygens (including phenoxy) is 1. The summed E-state index contributed by atoms with van der Waals surface area (Å²) in [5.41, 5.74) is 5.60. The van der Waals surface area contributed by atoms with E-state index in [4.69, 9.17) is 10.00 Å². The lowest BCUT2D eigenvalue weighted by molar-refractivity contribution is -0.385. The van der Waals surface area contributed by atoms with Gasteiger partial charge in [-0.1, -0.05) is 13.0 Å². The van der Waals surface area contributed by atoms with E-state index in [1.165, 1.54) is 25.7 Å². The van der Waals surface area contributed by atoms with Gasteiger partial charge in [0.15, 0.2) is 0 Å². The number of fused-ring (bicyclic) bond motifs is 3. The maximum atomic E-state index is 11.1. The molecule has 1 aromatic heterocycles.